The molecule has 7 rings (SSSR count). The first-order chi connectivity index (χ1) is 31.9. The number of carboxylic acids is 1. The van der Waals surface area contributed by atoms with Crippen molar-refractivity contribution < 1.29 is 77.7 Å². The van der Waals surface area contributed by atoms with Crippen molar-refractivity contribution in [1.29, 1.82) is 0 Å². The number of aliphatic hydroxyl groups excluding tert-OH is 2. The normalized spacial score (nSPS) is 30.3. The Morgan fingerprint density at radius 3 is 1.99 bits per heavy atom. The zero-order valence-corrected chi connectivity index (χ0v) is 38.8. The number of aliphatic carboxylic acids is 1. The highest BCUT2D eigenvalue weighted by Gasteiger charge is 2.78. The third-order valence-electron chi connectivity index (χ3n) is 14.6. The van der Waals surface area contributed by atoms with Crippen LogP contribution in [0.15, 0.2) is 102 Å². The Hall–Kier alpha value is -6.27. The zero-order valence-electron chi connectivity index (χ0n) is 38.8. The average Bonchev–Trinajstić information content (AvgIpc) is 3.28. The molecule has 0 aromatic heterocycles. The Morgan fingerprint density at radius 2 is 1.44 bits per heavy atom. The molecule has 3 aromatic carbocycles. The third-order valence-corrected chi connectivity index (χ3v) is 14.6. The van der Waals surface area contributed by atoms with Crippen LogP contribution in [0.2, 0.25) is 0 Å². The fourth-order valence-corrected chi connectivity index (χ4v) is 10.8. The summed E-state index contributed by atoms with van der Waals surface area (Å²) >= 11 is 0. The van der Waals surface area contributed by atoms with Crippen LogP contribution in [-0.4, -0.2) is 116 Å². The minimum Gasteiger partial charge on any atom is -0.481 e. The number of ether oxygens (including phenoxy) is 5. The molecular weight excluding hydrogens is 883 g/mol. The number of amides is 1. The first-order valence-corrected chi connectivity index (χ1v) is 22.4. The van der Waals surface area contributed by atoms with Crippen LogP contribution in [0.25, 0.3) is 0 Å². The van der Waals surface area contributed by atoms with Gasteiger partial charge < -0.3 is 49.4 Å². The van der Waals surface area contributed by atoms with E-state index in [4.69, 9.17) is 23.7 Å². The fourth-order valence-electron chi connectivity index (χ4n) is 10.8. The van der Waals surface area contributed by atoms with Crippen molar-refractivity contribution in [3.63, 3.8) is 0 Å². The van der Waals surface area contributed by atoms with E-state index < -0.39 is 130 Å². The van der Waals surface area contributed by atoms with E-state index in [1.54, 1.807) is 66.7 Å². The quantitative estimate of drug-likeness (QED) is 0.0913. The van der Waals surface area contributed by atoms with E-state index in [0.717, 1.165) is 6.92 Å². The Morgan fingerprint density at radius 1 is 0.868 bits per heavy atom. The lowest BCUT2D eigenvalue weighted by molar-refractivity contribution is -0.346. The summed E-state index contributed by atoms with van der Waals surface area (Å²) in [4.78, 5) is 97.4. The van der Waals surface area contributed by atoms with Gasteiger partial charge in [-0.05, 0) is 68.7 Å². The van der Waals surface area contributed by atoms with E-state index in [9.17, 15) is 44.4 Å². The molecule has 3 aromatic rings. The highest BCUT2D eigenvalue weighted by Crippen LogP contribution is 2.64. The van der Waals surface area contributed by atoms with Crippen LogP contribution in [0.5, 0.6) is 0 Å². The van der Waals surface area contributed by atoms with Gasteiger partial charge in [0.1, 0.15) is 36.1 Å². The lowest BCUT2D eigenvalue weighted by Crippen LogP contribution is -2.81. The van der Waals surface area contributed by atoms with E-state index >= 15 is 9.59 Å². The minimum absolute atomic E-state index is 0.0362. The molecule has 1 saturated heterocycles. The molecule has 1 aliphatic heterocycles. The Bertz CT molecular complexity index is 2510. The highest BCUT2D eigenvalue weighted by atomic mass is 16.6. The van der Waals surface area contributed by atoms with Crippen molar-refractivity contribution in [3.05, 3.63) is 119 Å². The van der Waals surface area contributed by atoms with E-state index in [1.165, 1.54) is 65.8 Å². The Kier molecular flexibility index (Phi) is 13.4. The number of rotatable bonds is 13. The number of aliphatic hydroxyl groups is 3. The minimum atomic E-state index is -2.47. The number of ketones is 1. The molecule has 362 valence electrons. The lowest BCUT2D eigenvalue weighted by atomic mass is 9.44. The topological polar surface area (TPSA) is 259 Å². The summed E-state index contributed by atoms with van der Waals surface area (Å²) in [5, 5.41) is 50.6. The van der Waals surface area contributed by atoms with Gasteiger partial charge in [-0.3, -0.25) is 24.0 Å². The molecule has 68 heavy (non-hydrogen) atoms. The number of Topliss-reactive ketones (excluding diaryl/α,β-unsaturated/α-hetero) is 1. The van der Waals surface area contributed by atoms with Crippen molar-refractivity contribution in [2.45, 2.75) is 122 Å². The number of esters is 4. The molecule has 2 bridgehead atoms. The maximum absolute atomic E-state index is 15.2. The van der Waals surface area contributed by atoms with Gasteiger partial charge in [0, 0.05) is 30.7 Å². The van der Waals surface area contributed by atoms with Gasteiger partial charge in [0.2, 0.25) is 6.10 Å². The van der Waals surface area contributed by atoms with Crippen LogP contribution in [0.1, 0.15) is 100 Å². The molecular formula is C51H57NO16. The largest absolute Gasteiger partial charge is 0.481 e. The SMILES string of the molecule is CC(=O)O[C@@]12CO[C@@H]1C[C@H](O)[C@@]1(C)C(=O)[C@H](O)C3=C(C)[C@@H](OC(=O)[C@H](OC(=O)C(C)(C)CC(=O)O)[C@@H](NC(=O)c4ccccc4)c4ccccc4)C[C@@](O)([C@@H](OC(=O)c4ccccc4)C12)C3(C)C. The predicted molar refractivity (Wildman–Crippen MR) is 238 cm³/mol. The van der Waals surface area contributed by atoms with Crippen LogP contribution < -0.4 is 5.32 Å². The molecule has 1 unspecified atom stereocenters. The first kappa shape index (κ1) is 49.6. The second-order valence-electron chi connectivity index (χ2n) is 19.6. The summed E-state index contributed by atoms with van der Waals surface area (Å²) in [5.41, 5.74) is -9.39. The van der Waals surface area contributed by atoms with Crippen LogP contribution in [0.4, 0.5) is 0 Å². The summed E-state index contributed by atoms with van der Waals surface area (Å²) < 4.78 is 30.5. The van der Waals surface area contributed by atoms with Gasteiger partial charge in [-0.1, -0.05) is 80.6 Å². The monoisotopic (exact) mass is 939 g/mol. The van der Waals surface area contributed by atoms with Crippen molar-refractivity contribution in [1.82, 2.24) is 5.32 Å². The van der Waals surface area contributed by atoms with E-state index in [0.29, 0.717) is 0 Å². The molecule has 5 N–H and O–H groups in total. The van der Waals surface area contributed by atoms with Crippen molar-refractivity contribution >= 4 is 41.5 Å². The number of hydrogen-bond acceptors (Lipinski definition) is 15. The smallest absolute Gasteiger partial charge is 0.350 e. The van der Waals surface area contributed by atoms with Gasteiger partial charge in [0.15, 0.2) is 11.4 Å². The number of benzene rings is 3. The van der Waals surface area contributed by atoms with Gasteiger partial charge in [0.25, 0.3) is 5.91 Å². The Balaban J connectivity index is 1.39. The lowest BCUT2D eigenvalue weighted by Gasteiger charge is -2.67. The molecule has 3 fully saturated rings. The predicted octanol–water partition coefficient (Wildman–Crippen LogP) is 4.22. The van der Waals surface area contributed by atoms with Gasteiger partial charge in [0.05, 0.1) is 41.4 Å². The van der Waals surface area contributed by atoms with Crippen LogP contribution in [-0.2, 0) is 47.7 Å². The molecule has 4 aliphatic rings. The van der Waals surface area contributed by atoms with Crippen molar-refractivity contribution in [2.75, 3.05) is 6.61 Å². The maximum atomic E-state index is 15.2. The molecule has 2 saturated carbocycles. The zero-order chi connectivity index (χ0) is 49.7. The van der Waals surface area contributed by atoms with Crippen LogP contribution in [0.3, 0.4) is 0 Å². The molecule has 11 atom stereocenters. The molecule has 17 heteroatoms. The number of fused-ring (bicyclic) bond motifs is 5. The number of hydrogen-bond donors (Lipinski definition) is 5. The van der Waals surface area contributed by atoms with Crippen molar-refractivity contribution in [2.24, 2.45) is 22.2 Å². The standard InChI is InChI=1S/C51H57NO16/c1-27-32(65-45(61)39(66-46(62)47(3,4)25-35(55)56)37(29-17-11-8-12-18-29)52-43(59)30-19-13-9-14-20-30)24-51(63)42(67-44(60)31-21-15-10-16-22-31)40-49(7,41(58)38(57)36(27)48(51,5)6)33(54)23-34-50(40,26-64-34)68-28(2)53/h8-22,32-34,37-40,42,54,57,63H,23-26H2,1-7H3,(H,52,59)(H,55,56)/t32-,33-,34+,37-,38+,39+,40?,42-,49+,50-,51+/m0/s1. The number of carbonyl (C=O) groups is 7. The van der Waals surface area contributed by atoms with Gasteiger partial charge >= 0.3 is 29.8 Å². The number of nitrogens with one attached hydrogen (secondary N) is 1. The summed E-state index contributed by atoms with van der Waals surface area (Å²) in [7, 11) is 0. The molecule has 1 amide bonds. The molecule has 17 nitrogen and oxygen atoms in total. The van der Waals surface area contributed by atoms with E-state index in [1.807, 2.05) is 0 Å². The molecule has 3 aliphatic carbocycles. The van der Waals surface area contributed by atoms with Gasteiger partial charge in [-0.15, -0.1) is 0 Å². The molecule has 1 heterocycles. The number of carbonyl (C=O) groups excluding carboxylic acids is 6. The fraction of sp³-hybridized carbons (Fsp3) is 0.471. The van der Waals surface area contributed by atoms with Crippen molar-refractivity contribution in [3.8, 4) is 0 Å². The van der Waals surface area contributed by atoms with E-state index in [2.05, 4.69) is 5.32 Å². The summed E-state index contributed by atoms with van der Waals surface area (Å²) in [5.74, 6) is -8.81. The van der Waals surface area contributed by atoms with Crippen LogP contribution in [0, 0.1) is 22.2 Å². The molecule has 0 spiro atoms. The second kappa shape index (κ2) is 18.3. The average molecular weight is 940 g/mol. The highest BCUT2D eigenvalue weighted by molar-refractivity contribution is 5.96. The maximum Gasteiger partial charge on any atom is 0.350 e. The summed E-state index contributed by atoms with van der Waals surface area (Å²) in [6.45, 7) is 9.25. The molecule has 0 radical (unpaired) electrons. The third kappa shape index (κ3) is 8.50. The second-order valence-corrected chi connectivity index (χ2v) is 19.6. The van der Waals surface area contributed by atoms with Gasteiger partial charge in [-0.25, -0.2) is 9.59 Å². The summed E-state index contributed by atoms with van der Waals surface area (Å²) in [6, 6.07) is 22.2. The first-order valence-electron chi connectivity index (χ1n) is 22.4. The van der Waals surface area contributed by atoms with Crippen LogP contribution >= 0.6 is 0 Å². The van der Waals surface area contributed by atoms with Gasteiger partial charge in [-0.2, -0.15) is 0 Å². The number of carboxylic acid groups (broad SMARTS) is 1. The van der Waals surface area contributed by atoms with E-state index in [-0.39, 0.29) is 40.9 Å². The summed E-state index contributed by atoms with van der Waals surface area (Å²) in [6.07, 6.45) is -11.9. The Labute approximate surface area is 392 Å².